The molecule has 0 atom stereocenters. The molecule has 2 aliphatic heterocycles. The first-order valence-corrected chi connectivity index (χ1v) is 16.6. The van der Waals surface area contributed by atoms with Gasteiger partial charge in [0.1, 0.15) is 0 Å². The molecule has 0 unspecified atom stereocenters. The maximum absolute atomic E-state index is 11.3. The third-order valence-corrected chi connectivity index (χ3v) is 9.77. The summed E-state index contributed by atoms with van der Waals surface area (Å²) in [6.45, 7) is 17.3. The van der Waals surface area contributed by atoms with E-state index in [1.807, 2.05) is 6.08 Å². The summed E-state index contributed by atoms with van der Waals surface area (Å²) in [7, 11) is 0. The normalized spacial score (nSPS) is 13.1. The van der Waals surface area contributed by atoms with Crippen LogP contribution in [0.1, 0.15) is 111 Å². The molecule has 8 heteroatoms. The zero-order valence-electron chi connectivity index (χ0n) is 28.9. The van der Waals surface area contributed by atoms with Crippen LogP contribution < -0.4 is 9.97 Å². The summed E-state index contributed by atoms with van der Waals surface area (Å²) in [5.41, 5.74) is 18.7. The topological polar surface area (TPSA) is 97.1 Å². The first-order chi connectivity index (χ1) is 22.6. The number of allylic oxidation sites excluding steroid dienone is 4. The predicted octanol–water partition coefficient (Wildman–Crippen LogP) is 10.1. The van der Waals surface area contributed by atoms with E-state index >= 15 is 0 Å². The molecule has 0 spiro atoms. The molecule has 0 N–H and O–H groups in total. The molecule has 48 heavy (non-hydrogen) atoms. The molecule has 3 aromatic heterocycles. The van der Waals surface area contributed by atoms with Crippen molar-refractivity contribution in [2.75, 3.05) is 0 Å². The minimum atomic E-state index is -0.377. The van der Waals surface area contributed by atoms with Crippen LogP contribution in [0.4, 0.5) is 5.69 Å². The molecule has 2 aliphatic rings. The van der Waals surface area contributed by atoms with Crippen molar-refractivity contribution in [3.63, 3.8) is 0 Å². The molecule has 0 aliphatic carbocycles. The van der Waals surface area contributed by atoms with Crippen molar-refractivity contribution in [3.8, 4) is 0 Å². The van der Waals surface area contributed by atoms with Gasteiger partial charge in [0.05, 0.1) is 27.7 Å². The summed E-state index contributed by atoms with van der Waals surface area (Å²) in [6.07, 6.45) is 7.45. The summed E-state index contributed by atoms with van der Waals surface area (Å²) in [5, 5.41) is 11.3. The Morgan fingerprint density at radius 1 is 0.667 bits per heavy atom. The molecule has 0 fully saturated rings. The van der Waals surface area contributed by atoms with Gasteiger partial charge < -0.3 is 9.97 Å². The van der Waals surface area contributed by atoms with E-state index in [1.165, 1.54) is 45.6 Å². The average molecular weight is 682 g/mol. The minimum absolute atomic E-state index is 0. The molecule has 8 bridgehead atoms. The Kier molecular flexibility index (Phi) is 10.1. The fraction of sp³-hybridized carbons (Fsp3) is 0.300. The Morgan fingerprint density at radius 2 is 1.21 bits per heavy atom. The van der Waals surface area contributed by atoms with Crippen LogP contribution in [-0.2, 0) is 29.3 Å². The van der Waals surface area contributed by atoms with Gasteiger partial charge in [-0.25, -0.2) is 9.97 Å². The van der Waals surface area contributed by atoms with Crippen LogP contribution in [0.15, 0.2) is 42.5 Å². The summed E-state index contributed by atoms with van der Waals surface area (Å²) in [4.78, 5) is 31.9. The van der Waals surface area contributed by atoms with Gasteiger partial charge in [-0.3, -0.25) is 10.1 Å². The van der Waals surface area contributed by atoms with Crippen molar-refractivity contribution in [2.45, 2.75) is 81.1 Å². The van der Waals surface area contributed by atoms with Gasteiger partial charge in [0.15, 0.2) is 0 Å². The van der Waals surface area contributed by atoms with Crippen LogP contribution in [0.25, 0.3) is 56.5 Å². The monoisotopic (exact) mass is 681 g/mol. The molecule has 7 nitrogen and oxygen atoms in total. The maximum atomic E-state index is 11.3. The molecular formula is C40H41N5NiO2. The van der Waals surface area contributed by atoms with Crippen molar-refractivity contribution in [3.05, 3.63) is 109 Å². The molecule has 0 amide bonds. The SMILES string of the molecule is CCC1=C(C)c2cc3[n-]c(c(C)c3CC)c(/C=C/c3ccc([N+](=O)[O-])cc3)c3[n-]c(cc4nc(cc1n2)C(C)=C4CC)c(C)c3CC.[Ni+2]. The fourth-order valence-corrected chi connectivity index (χ4v) is 7.05. The van der Waals surface area contributed by atoms with E-state index in [-0.39, 0.29) is 27.1 Å². The second-order valence-corrected chi connectivity index (χ2v) is 12.3. The van der Waals surface area contributed by atoms with Crippen LogP contribution in [0.2, 0.25) is 0 Å². The van der Waals surface area contributed by atoms with E-state index in [0.717, 1.165) is 92.8 Å². The molecule has 6 rings (SSSR count). The van der Waals surface area contributed by atoms with E-state index in [9.17, 15) is 10.1 Å². The van der Waals surface area contributed by atoms with Crippen LogP contribution in [0.5, 0.6) is 0 Å². The molecule has 1 aromatic carbocycles. The number of rotatable bonds is 7. The van der Waals surface area contributed by atoms with E-state index in [1.54, 1.807) is 12.1 Å². The van der Waals surface area contributed by atoms with Gasteiger partial charge in [0, 0.05) is 12.1 Å². The standard InChI is InChI=1S/C40H41N5O2.Ni/c1-9-28-23(6)34-20-38-30(11-3)25(8)39(44-38)32(18-15-26-13-16-27(17-14-26)45(46)47)40-31(12-4)24(7)35(43-40)21-37-29(10-2)22(5)33(41-37)19-36(28)42-34;/h13-21H,9-12H2,1-8H3;/q-2;+2/b18-15+,33-19?,34-20?,35-21?,36-19?,37-21?,38-20?,39-32?,40-32?;. The number of non-ortho nitro benzene ring substituents is 1. The molecular weight excluding hydrogens is 641 g/mol. The quantitative estimate of drug-likeness (QED) is 0.109. The van der Waals surface area contributed by atoms with Crippen molar-refractivity contribution < 1.29 is 21.4 Å². The first-order valence-electron chi connectivity index (χ1n) is 16.6. The number of aryl methyl sites for hydroxylation is 4. The average Bonchev–Trinajstić information content (AvgIpc) is 3.74. The molecule has 0 saturated carbocycles. The largest absolute Gasteiger partial charge is 2.00 e. The van der Waals surface area contributed by atoms with Crippen LogP contribution in [0, 0.1) is 24.0 Å². The van der Waals surface area contributed by atoms with Gasteiger partial charge >= 0.3 is 16.5 Å². The molecule has 0 radical (unpaired) electrons. The third kappa shape index (κ3) is 5.99. The Morgan fingerprint density at radius 3 is 1.77 bits per heavy atom. The van der Waals surface area contributed by atoms with Gasteiger partial charge in [-0.15, -0.1) is 22.1 Å². The maximum Gasteiger partial charge on any atom is 2.00 e. The summed E-state index contributed by atoms with van der Waals surface area (Å²) < 4.78 is 0. The first kappa shape index (κ1) is 34.8. The molecule has 4 aromatic rings. The van der Waals surface area contributed by atoms with E-state index in [4.69, 9.17) is 19.9 Å². The van der Waals surface area contributed by atoms with Gasteiger partial charge in [-0.2, -0.15) is 0 Å². The van der Waals surface area contributed by atoms with E-state index in [0.29, 0.717) is 0 Å². The number of nitrogens with zero attached hydrogens (tertiary/aromatic N) is 5. The van der Waals surface area contributed by atoms with Gasteiger partial charge in [-0.05, 0) is 99.4 Å². The smallest absolute Gasteiger partial charge is 0.657 e. The number of benzene rings is 1. The Labute approximate surface area is 292 Å². The Bertz CT molecular complexity index is 2200. The number of hydrogen-bond acceptors (Lipinski definition) is 4. The number of hydrogen-bond donors (Lipinski definition) is 0. The summed E-state index contributed by atoms with van der Waals surface area (Å²) in [6, 6.07) is 13.0. The van der Waals surface area contributed by atoms with E-state index < -0.39 is 0 Å². The van der Waals surface area contributed by atoms with Crippen molar-refractivity contribution >= 4 is 62.2 Å². The van der Waals surface area contributed by atoms with Crippen LogP contribution >= 0.6 is 0 Å². The van der Waals surface area contributed by atoms with Crippen molar-refractivity contribution in [1.82, 2.24) is 19.9 Å². The Balaban J connectivity index is 0.00000451. The summed E-state index contributed by atoms with van der Waals surface area (Å²) >= 11 is 0. The predicted molar refractivity (Wildman–Crippen MR) is 195 cm³/mol. The van der Waals surface area contributed by atoms with Crippen LogP contribution in [-0.4, -0.2) is 14.9 Å². The van der Waals surface area contributed by atoms with E-state index in [2.05, 4.69) is 79.7 Å². The third-order valence-electron chi connectivity index (χ3n) is 9.77. The zero-order valence-corrected chi connectivity index (χ0v) is 29.9. The van der Waals surface area contributed by atoms with Gasteiger partial charge in [0.25, 0.3) is 5.69 Å². The second kappa shape index (κ2) is 13.9. The fourth-order valence-electron chi connectivity index (χ4n) is 7.05. The number of nitro benzene ring substituents is 1. The molecule has 5 heterocycles. The zero-order chi connectivity index (χ0) is 33.6. The Hall–Kier alpha value is -4.55. The number of nitro groups is 1. The molecule has 0 saturated heterocycles. The van der Waals surface area contributed by atoms with Crippen molar-refractivity contribution in [2.24, 2.45) is 0 Å². The minimum Gasteiger partial charge on any atom is -0.657 e. The molecule has 248 valence electrons. The van der Waals surface area contributed by atoms with Crippen molar-refractivity contribution in [1.29, 1.82) is 0 Å². The number of aromatic nitrogens is 4. The summed E-state index contributed by atoms with van der Waals surface area (Å²) in [5.74, 6) is 0. The van der Waals surface area contributed by atoms with Crippen LogP contribution in [0.3, 0.4) is 0 Å². The van der Waals surface area contributed by atoms with Gasteiger partial charge in [0.2, 0.25) is 0 Å². The number of fused-ring (bicyclic) bond motifs is 8. The van der Waals surface area contributed by atoms with Gasteiger partial charge in [-0.1, -0.05) is 79.8 Å². The second-order valence-electron chi connectivity index (χ2n) is 12.3.